The fourth-order valence-corrected chi connectivity index (χ4v) is 5.41. The van der Waals surface area contributed by atoms with Gasteiger partial charge in [0.15, 0.2) is 23.6 Å². The van der Waals surface area contributed by atoms with Gasteiger partial charge in [0.25, 0.3) is 0 Å². The number of rotatable bonds is 10. The van der Waals surface area contributed by atoms with Crippen molar-refractivity contribution in [1.82, 2.24) is 15.0 Å². The molecule has 0 N–H and O–H groups in total. The number of carbonyl (C=O) groups is 3. The number of hydrogen-bond donors (Lipinski definition) is 0. The van der Waals surface area contributed by atoms with Gasteiger partial charge in [-0.05, 0) is 24.3 Å². The highest BCUT2D eigenvalue weighted by Gasteiger charge is 2.51. The van der Waals surface area contributed by atoms with Crippen LogP contribution >= 0.6 is 11.8 Å². The first-order valence-electron chi connectivity index (χ1n) is 12.5. The van der Waals surface area contributed by atoms with Gasteiger partial charge in [0.2, 0.25) is 0 Å². The van der Waals surface area contributed by atoms with E-state index in [1.807, 2.05) is 18.2 Å². The monoisotopic (exact) mass is 609 g/mol. The highest BCUT2D eigenvalue weighted by Crippen LogP contribution is 2.41. The summed E-state index contributed by atoms with van der Waals surface area (Å²) in [6.45, 7) is 1.51. The molecule has 0 radical (unpaired) electrons. The lowest BCUT2D eigenvalue weighted by molar-refractivity contribution is -0.214. The zero-order valence-corrected chi connectivity index (χ0v) is 23.4. The van der Waals surface area contributed by atoms with Gasteiger partial charge in [-0.15, -0.1) is 5.10 Å². The van der Waals surface area contributed by atoms with Crippen molar-refractivity contribution >= 4 is 29.7 Å². The van der Waals surface area contributed by atoms with Gasteiger partial charge in [-0.2, -0.15) is 0 Å². The molecule has 224 valence electrons. The van der Waals surface area contributed by atoms with Gasteiger partial charge in [0.05, 0.1) is 13.3 Å². The van der Waals surface area contributed by atoms with Gasteiger partial charge in [0.1, 0.15) is 42.6 Å². The van der Waals surface area contributed by atoms with E-state index in [-0.39, 0.29) is 17.9 Å². The third-order valence-electron chi connectivity index (χ3n) is 6.08. The Balaban J connectivity index is 1.81. The van der Waals surface area contributed by atoms with E-state index in [1.54, 1.807) is 12.1 Å². The Morgan fingerprint density at radius 3 is 2.33 bits per heavy atom. The van der Waals surface area contributed by atoms with E-state index in [2.05, 4.69) is 10.3 Å². The van der Waals surface area contributed by atoms with Crippen LogP contribution in [0, 0.1) is 17.5 Å². The second kappa shape index (κ2) is 13.8. The standard InChI is InChI=1S/C27H26F3N3O8S/c1-14(34)38-12-21-25(40-15(2)35)24(33-11-20(31-32-33)16-9-18(28)23(30)19(29)10-16)26(39-13-22(36)37-3)27(41-21)42-17-7-5-4-6-8-17/h4-11,21,24-27H,12-13H2,1-3H3/t21-,24+,25+,26-,27+/m1/s1. The summed E-state index contributed by atoms with van der Waals surface area (Å²) in [5.74, 6) is -6.54. The molecular formula is C27H26F3N3O8S. The smallest absolute Gasteiger partial charge is 0.331 e. The molecular weight excluding hydrogens is 583 g/mol. The first-order chi connectivity index (χ1) is 20.1. The summed E-state index contributed by atoms with van der Waals surface area (Å²) in [5, 5.41) is 8.07. The number of carbonyl (C=O) groups excluding carboxylic acids is 3. The van der Waals surface area contributed by atoms with Gasteiger partial charge < -0.3 is 23.7 Å². The van der Waals surface area contributed by atoms with Crippen LogP contribution in [0.15, 0.2) is 53.6 Å². The number of methoxy groups -OCH3 is 1. The number of nitrogens with zero attached hydrogens (tertiary/aromatic N) is 3. The number of ether oxygens (including phenoxy) is 5. The van der Waals surface area contributed by atoms with Crippen LogP contribution in [0.2, 0.25) is 0 Å². The topological polar surface area (TPSA) is 128 Å². The largest absolute Gasteiger partial charge is 0.467 e. The Kier molecular flexibility index (Phi) is 10.2. The fourth-order valence-electron chi connectivity index (χ4n) is 4.25. The summed E-state index contributed by atoms with van der Waals surface area (Å²) in [6.07, 6.45) is -2.05. The minimum Gasteiger partial charge on any atom is -0.467 e. The molecule has 1 fully saturated rings. The molecule has 1 saturated heterocycles. The Morgan fingerprint density at radius 2 is 1.71 bits per heavy atom. The number of aromatic nitrogens is 3. The molecule has 0 saturated carbocycles. The summed E-state index contributed by atoms with van der Waals surface area (Å²) in [4.78, 5) is 36.7. The van der Waals surface area contributed by atoms with Gasteiger partial charge >= 0.3 is 17.9 Å². The Bertz CT molecular complexity index is 1400. The zero-order chi connectivity index (χ0) is 30.4. The number of esters is 3. The quantitative estimate of drug-likeness (QED) is 0.190. The van der Waals surface area contributed by atoms with E-state index in [1.165, 1.54) is 36.7 Å². The van der Waals surface area contributed by atoms with Crippen molar-refractivity contribution in [1.29, 1.82) is 0 Å². The maximum Gasteiger partial charge on any atom is 0.331 e. The van der Waals surface area contributed by atoms with E-state index in [0.717, 1.165) is 24.0 Å². The molecule has 0 amide bonds. The van der Waals surface area contributed by atoms with Gasteiger partial charge in [-0.3, -0.25) is 9.59 Å². The molecule has 3 aromatic rings. The van der Waals surface area contributed by atoms with Crippen molar-refractivity contribution in [3.8, 4) is 11.3 Å². The number of hydrogen-bond acceptors (Lipinski definition) is 11. The van der Waals surface area contributed by atoms with Gasteiger partial charge in [-0.25, -0.2) is 22.6 Å². The lowest BCUT2D eigenvalue weighted by Crippen LogP contribution is -2.57. The fraction of sp³-hybridized carbons (Fsp3) is 0.370. The van der Waals surface area contributed by atoms with E-state index in [9.17, 15) is 27.6 Å². The van der Waals surface area contributed by atoms with Crippen molar-refractivity contribution < 1.29 is 51.2 Å². The van der Waals surface area contributed by atoms with Crippen LogP contribution in [0.25, 0.3) is 11.3 Å². The van der Waals surface area contributed by atoms with Crippen molar-refractivity contribution in [3.63, 3.8) is 0 Å². The lowest BCUT2D eigenvalue weighted by Gasteiger charge is -2.45. The number of benzene rings is 2. The number of thioether (sulfide) groups is 1. The molecule has 1 aromatic heterocycles. The highest BCUT2D eigenvalue weighted by molar-refractivity contribution is 7.99. The van der Waals surface area contributed by atoms with Crippen LogP contribution in [-0.4, -0.2) is 77.0 Å². The zero-order valence-electron chi connectivity index (χ0n) is 22.6. The third-order valence-corrected chi connectivity index (χ3v) is 7.24. The molecule has 15 heteroatoms. The summed E-state index contributed by atoms with van der Waals surface area (Å²) in [6, 6.07) is 9.47. The van der Waals surface area contributed by atoms with Crippen LogP contribution in [0.1, 0.15) is 19.9 Å². The summed E-state index contributed by atoms with van der Waals surface area (Å²) in [7, 11) is 1.18. The Hall–Kier alpha value is -3.95. The molecule has 0 spiro atoms. The number of halogens is 3. The first-order valence-corrected chi connectivity index (χ1v) is 13.4. The van der Waals surface area contributed by atoms with Crippen molar-refractivity contribution in [2.75, 3.05) is 20.3 Å². The predicted octanol–water partition coefficient (Wildman–Crippen LogP) is 3.47. The minimum absolute atomic E-state index is 0.0450. The SMILES string of the molecule is COC(=O)CO[C@@H]1[C@@H](n2cc(-c3cc(F)c(F)c(F)c3)nn2)[C@@H](OC(C)=O)[C@@H](COC(C)=O)O[C@H]1Sc1ccccc1. The van der Waals surface area contributed by atoms with Crippen LogP contribution in [0.3, 0.4) is 0 Å². The molecule has 2 heterocycles. The minimum atomic E-state index is -1.64. The van der Waals surface area contributed by atoms with Crippen molar-refractivity contribution in [3.05, 3.63) is 66.1 Å². The summed E-state index contributed by atoms with van der Waals surface area (Å²) < 4.78 is 70.5. The Morgan fingerprint density at radius 1 is 1.02 bits per heavy atom. The summed E-state index contributed by atoms with van der Waals surface area (Å²) >= 11 is 1.22. The molecule has 4 rings (SSSR count). The van der Waals surface area contributed by atoms with Crippen molar-refractivity contribution in [2.45, 2.75) is 48.5 Å². The average molecular weight is 610 g/mol. The lowest BCUT2D eigenvalue weighted by atomic mass is 9.96. The third kappa shape index (κ3) is 7.46. The second-order valence-electron chi connectivity index (χ2n) is 9.03. The van der Waals surface area contributed by atoms with E-state index >= 15 is 0 Å². The highest BCUT2D eigenvalue weighted by atomic mass is 32.2. The molecule has 0 bridgehead atoms. The second-order valence-corrected chi connectivity index (χ2v) is 10.2. The molecule has 1 aliphatic rings. The molecule has 0 unspecified atom stereocenters. The maximum absolute atomic E-state index is 14.0. The summed E-state index contributed by atoms with van der Waals surface area (Å²) in [5.41, 5.74) is -1.06. The van der Waals surface area contributed by atoms with Gasteiger partial charge in [0, 0.05) is 24.3 Å². The van der Waals surface area contributed by atoms with Crippen LogP contribution < -0.4 is 0 Å². The van der Waals surface area contributed by atoms with Crippen LogP contribution in [0.4, 0.5) is 13.2 Å². The first kappa shape index (κ1) is 31.0. The van der Waals surface area contributed by atoms with E-state index in [4.69, 9.17) is 23.7 Å². The predicted molar refractivity (Wildman–Crippen MR) is 139 cm³/mol. The molecule has 5 atom stereocenters. The van der Waals surface area contributed by atoms with E-state index < -0.39 is 71.8 Å². The molecule has 0 aliphatic carbocycles. The Labute approximate surface area is 242 Å². The van der Waals surface area contributed by atoms with Crippen LogP contribution in [-0.2, 0) is 38.1 Å². The van der Waals surface area contributed by atoms with Crippen molar-refractivity contribution in [2.24, 2.45) is 0 Å². The molecule has 42 heavy (non-hydrogen) atoms. The van der Waals surface area contributed by atoms with E-state index in [0.29, 0.717) is 0 Å². The molecule has 1 aliphatic heterocycles. The normalized spacial score (nSPS) is 21.9. The molecule has 11 nitrogen and oxygen atoms in total. The van der Waals surface area contributed by atoms with Crippen LogP contribution in [0.5, 0.6) is 0 Å². The van der Waals surface area contributed by atoms with Gasteiger partial charge in [-0.1, -0.05) is 35.2 Å². The average Bonchev–Trinajstić information content (AvgIpc) is 3.44. The maximum atomic E-state index is 14.0. The molecule has 2 aromatic carbocycles.